The number of amides is 1. The Labute approximate surface area is 171 Å². The highest BCUT2D eigenvalue weighted by Crippen LogP contribution is 2.19. The minimum atomic E-state index is -0.302. The van der Waals surface area contributed by atoms with E-state index >= 15 is 0 Å². The maximum absolute atomic E-state index is 12.4. The Balaban J connectivity index is 1.49. The molecule has 0 saturated heterocycles. The molecule has 0 spiro atoms. The van der Waals surface area contributed by atoms with E-state index in [1.165, 1.54) is 6.33 Å². The van der Waals surface area contributed by atoms with Gasteiger partial charge in [0, 0.05) is 35.9 Å². The third-order valence-corrected chi connectivity index (χ3v) is 4.62. The second-order valence-corrected chi connectivity index (χ2v) is 6.62. The fraction of sp³-hybridized carbons (Fsp3) is 0.150. The summed E-state index contributed by atoms with van der Waals surface area (Å²) in [4.78, 5) is 25.2. The molecule has 1 N–H and O–H groups in total. The Morgan fingerprint density at radius 2 is 2.10 bits per heavy atom. The van der Waals surface area contributed by atoms with Crippen LogP contribution >= 0.6 is 11.6 Å². The average Bonchev–Trinajstić information content (AvgIpc) is 3.43. The molecule has 29 heavy (non-hydrogen) atoms. The zero-order valence-corrected chi connectivity index (χ0v) is 16.3. The lowest BCUT2D eigenvalue weighted by molar-refractivity contribution is 0.0946. The monoisotopic (exact) mass is 408 g/mol. The SMILES string of the molecule is CCc1noc(-c2ccnc(-n3cnc(C(=O)NCc4ccccc4Cl)c3)c2)n1. The van der Waals surface area contributed by atoms with Crippen molar-refractivity contribution < 1.29 is 9.32 Å². The van der Waals surface area contributed by atoms with Gasteiger partial charge < -0.3 is 9.84 Å². The molecule has 0 aliphatic carbocycles. The normalized spacial score (nSPS) is 10.8. The molecule has 4 rings (SSSR count). The van der Waals surface area contributed by atoms with Crippen LogP contribution in [0.4, 0.5) is 0 Å². The predicted molar refractivity (Wildman–Crippen MR) is 107 cm³/mol. The van der Waals surface area contributed by atoms with Crippen LogP contribution in [0.1, 0.15) is 28.8 Å². The molecule has 1 amide bonds. The summed E-state index contributed by atoms with van der Waals surface area (Å²) < 4.78 is 6.93. The van der Waals surface area contributed by atoms with E-state index in [9.17, 15) is 4.79 Å². The lowest BCUT2D eigenvalue weighted by Crippen LogP contribution is -2.23. The van der Waals surface area contributed by atoms with Gasteiger partial charge in [0.1, 0.15) is 17.8 Å². The smallest absolute Gasteiger partial charge is 0.271 e. The van der Waals surface area contributed by atoms with E-state index in [0.717, 1.165) is 11.1 Å². The number of aryl methyl sites for hydroxylation is 1. The maximum atomic E-state index is 12.4. The predicted octanol–water partition coefficient (Wildman–Crippen LogP) is 3.46. The van der Waals surface area contributed by atoms with Crippen LogP contribution in [0.15, 0.2) is 59.6 Å². The highest BCUT2D eigenvalue weighted by Gasteiger charge is 2.13. The van der Waals surface area contributed by atoms with E-state index in [0.29, 0.717) is 35.5 Å². The Hall–Kier alpha value is -3.52. The number of hydrogen-bond acceptors (Lipinski definition) is 6. The van der Waals surface area contributed by atoms with Crippen molar-refractivity contribution in [2.75, 3.05) is 0 Å². The van der Waals surface area contributed by atoms with E-state index < -0.39 is 0 Å². The largest absolute Gasteiger partial charge is 0.347 e. The van der Waals surface area contributed by atoms with Crippen LogP contribution in [-0.4, -0.2) is 30.6 Å². The first kappa shape index (κ1) is 18.8. The number of halogens is 1. The summed E-state index contributed by atoms with van der Waals surface area (Å²) in [7, 11) is 0. The minimum absolute atomic E-state index is 0.273. The molecule has 4 aromatic rings. The van der Waals surface area contributed by atoms with Crippen LogP contribution in [-0.2, 0) is 13.0 Å². The lowest BCUT2D eigenvalue weighted by Gasteiger charge is -2.05. The first-order valence-electron chi connectivity index (χ1n) is 8.99. The Kier molecular flexibility index (Phi) is 5.35. The van der Waals surface area contributed by atoms with E-state index in [1.54, 1.807) is 35.2 Å². The third kappa shape index (κ3) is 4.17. The van der Waals surface area contributed by atoms with E-state index in [-0.39, 0.29) is 11.6 Å². The summed E-state index contributed by atoms with van der Waals surface area (Å²) in [5.74, 6) is 1.34. The van der Waals surface area contributed by atoms with Gasteiger partial charge in [0.25, 0.3) is 11.8 Å². The molecule has 0 bridgehead atoms. The molecule has 3 aromatic heterocycles. The highest BCUT2D eigenvalue weighted by molar-refractivity contribution is 6.31. The number of hydrogen-bond donors (Lipinski definition) is 1. The Morgan fingerprint density at radius 3 is 2.90 bits per heavy atom. The van der Waals surface area contributed by atoms with Gasteiger partial charge in [0.05, 0.1) is 0 Å². The van der Waals surface area contributed by atoms with Gasteiger partial charge in [-0.1, -0.05) is 41.9 Å². The van der Waals surface area contributed by atoms with Crippen LogP contribution in [0.5, 0.6) is 0 Å². The van der Waals surface area contributed by atoms with Crippen LogP contribution in [0, 0.1) is 0 Å². The molecule has 3 heterocycles. The molecule has 0 unspecified atom stereocenters. The second kappa shape index (κ2) is 8.24. The molecule has 8 nitrogen and oxygen atoms in total. The van der Waals surface area contributed by atoms with Crippen LogP contribution in [0.25, 0.3) is 17.3 Å². The first-order valence-corrected chi connectivity index (χ1v) is 9.37. The summed E-state index contributed by atoms with van der Waals surface area (Å²) >= 11 is 6.12. The van der Waals surface area contributed by atoms with E-state index in [1.807, 2.05) is 25.1 Å². The molecule has 0 radical (unpaired) electrons. The standard InChI is InChI=1S/C20H17ClN6O2/c1-2-17-25-20(29-26-17)13-7-8-22-18(9-13)27-11-16(24-12-27)19(28)23-10-14-5-3-4-6-15(14)21/h3-9,11-12H,2,10H2,1H3,(H,23,28). The summed E-state index contributed by atoms with van der Waals surface area (Å²) in [6.07, 6.45) is 5.47. The Bertz CT molecular complexity index is 1150. The molecule has 0 atom stereocenters. The van der Waals surface area contributed by atoms with Crippen molar-refractivity contribution in [3.05, 3.63) is 77.2 Å². The van der Waals surface area contributed by atoms with E-state index in [2.05, 4.69) is 25.4 Å². The number of imidazole rings is 1. The molecule has 1 aromatic carbocycles. The molecule has 0 aliphatic rings. The van der Waals surface area contributed by atoms with Crippen LogP contribution in [0.2, 0.25) is 5.02 Å². The van der Waals surface area contributed by atoms with Crippen molar-refractivity contribution in [3.8, 4) is 17.3 Å². The van der Waals surface area contributed by atoms with Crippen molar-refractivity contribution in [3.63, 3.8) is 0 Å². The molecule has 0 aliphatic heterocycles. The molecular weight excluding hydrogens is 392 g/mol. The van der Waals surface area contributed by atoms with Crippen molar-refractivity contribution in [2.24, 2.45) is 0 Å². The molecule has 146 valence electrons. The van der Waals surface area contributed by atoms with Crippen LogP contribution in [0.3, 0.4) is 0 Å². The van der Waals surface area contributed by atoms with Gasteiger partial charge in [-0.15, -0.1) is 0 Å². The summed E-state index contributed by atoms with van der Waals surface area (Å²) in [6, 6.07) is 10.9. The van der Waals surface area contributed by atoms with Gasteiger partial charge >= 0.3 is 0 Å². The number of carbonyl (C=O) groups excluding carboxylic acids is 1. The van der Waals surface area contributed by atoms with Crippen molar-refractivity contribution >= 4 is 17.5 Å². The molecule has 9 heteroatoms. The zero-order valence-electron chi connectivity index (χ0n) is 15.5. The Morgan fingerprint density at radius 1 is 1.24 bits per heavy atom. The van der Waals surface area contributed by atoms with E-state index in [4.69, 9.17) is 16.1 Å². The maximum Gasteiger partial charge on any atom is 0.271 e. The molecule has 0 fully saturated rings. The topological polar surface area (TPSA) is 98.7 Å². The number of benzene rings is 1. The number of rotatable bonds is 6. The summed E-state index contributed by atoms with van der Waals surface area (Å²) in [5, 5.41) is 7.32. The van der Waals surface area contributed by atoms with Crippen LogP contribution < -0.4 is 5.32 Å². The number of nitrogens with zero attached hydrogens (tertiary/aromatic N) is 5. The first-order chi connectivity index (χ1) is 14.1. The minimum Gasteiger partial charge on any atom is -0.347 e. The lowest BCUT2D eigenvalue weighted by atomic mass is 10.2. The fourth-order valence-corrected chi connectivity index (χ4v) is 2.88. The van der Waals surface area contributed by atoms with Crippen molar-refractivity contribution in [1.29, 1.82) is 0 Å². The third-order valence-electron chi connectivity index (χ3n) is 4.25. The summed E-state index contributed by atoms with van der Waals surface area (Å²) in [6.45, 7) is 2.27. The van der Waals surface area contributed by atoms with Gasteiger partial charge in [-0.05, 0) is 23.8 Å². The number of carbonyl (C=O) groups is 1. The summed E-state index contributed by atoms with van der Waals surface area (Å²) in [5.41, 5.74) is 1.85. The van der Waals surface area contributed by atoms with Gasteiger partial charge in [-0.3, -0.25) is 9.36 Å². The quantitative estimate of drug-likeness (QED) is 0.524. The highest BCUT2D eigenvalue weighted by atomic mass is 35.5. The van der Waals surface area contributed by atoms with Crippen molar-refractivity contribution in [1.82, 2.24) is 30.0 Å². The fourth-order valence-electron chi connectivity index (χ4n) is 2.68. The van der Waals surface area contributed by atoms with Crippen molar-refractivity contribution in [2.45, 2.75) is 19.9 Å². The second-order valence-electron chi connectivity index (χ2n) is 6.21. The molecular formula is C20H17ClN6O2. The van der Waals surface area contributed by atoms with Gasteiger partial charge in [-0.25, -0.2) is 9.97 Å². The number of nitrogens with one attached hydrogen (secondary N) is 1. The van der Waals surface area contributed by atoms with Gasteiger partial charge in [0.2, 0.25) is 0 Å². The number of pyridine rings is 1. The van der Waals surface area contributed by atoms with Gasteiger partial charge in [-0.2, -0.15) is 4.98 Å². The average molecular weight is 409 g/mol. The molecule has 0 saturated carbocycles. The van der Waals surface area contributed by atoms with Gasteiger partial charge in [0.15, 0.2) is 5.82 Å². The zero-order chi connectivity index (χ0) is 20.2. The number of aromatic nitrogens is 5.